The number of carbonyl (C=O) groups is 1. The van der Waals surface area contributed by atoms with E-state index in [1.54, 1.807) is 11.8 Å². The van der Waals surface area contributed by atoms with Gasteiger partial charge in [-0.1, -0.05) is 6.07 Å². The predicted molar refractivity (Wildman–Crippen MR) is 97.3 cm³/mol. The van der Waals surface area contributed by atoms with E-state index in [4.69, 9.17) is 0 Å². The molecular formula is C20H23F2N3O2. The third-order valence-corrected chi connectivity index (χ3v) is 5.05. The summed E-state index contributed by atoms with van der Waals surface area (Å²) in [4.78, 5) is 32.9. The van der Waals surface area contributed by atoms with E-state index in [0.29, 0.717) is 36.5 Å². The van der Waals surface area contributed by atoms with E-state index in [0.717, 1.165) is 25.3 Å². The average molecular weight is 375 g/mol. The smallest absolute Gasteiger partial charge is 0.254 e. The van der Waals surface area contributed by atoms with Gasteiger partial charge in [0.15, 0.2) is 0 Å². The van der Waals surface area contributed by atoms with Crippen LogP contribution in [0.25, 0.3) is 0 Å². The third-order valence-electron chi connectivity index (χ3n) is 5.05. The maximum absolute atomic E-state index is 13.8. The van der Waals surface area contributed by atoms with Crippen molar-refractivity contribution in [2.45, 2.75) is 39.0 Å². The van der Waals surface area contributed by atoms with Crippen molar-refractivity contribution in [1.82, 2.24) is 14.9 Å². The molecule has 0 aliphatic carbocycles. The number of piperidine rings is 1. The van der Waals surface area contributed by atoms with Gasteiger partial charge in [0.25, 0.3) is 5.56 Å². The molecule has 2 aromatic rings. The maximum Gasteiger partial charge on any atom is 0.254 e. The van der Waals surface area contributed by atoms with Gasteiger partial charge in [0.05, 0.1) is 6.42 Å². The van der Waals surface area contributed by atoms with Crippen molar-refractivity contribution in [2.24, 2.45) is 5.92 Å². The number of carbonyl (C=O) groups excluding carboxylic acids is 1. The SMILES string of the molecule is Cc1ncc(CC(=O)N2CCC[C@@H](CCc3ccc(F)cc3F)C2)c(=O)[nH]1. The maximum atomic E-state index is 13.8. The molecule has 1 aliphatic rings. The number of likely N-dealkylation sites (tertiary alicyclic amines) is 1. The zero-order valence-corrected chi connectivity index (χ0v) is 15.3. The first-order chi connectivity index (χ1) is 12.9. The molecule has 0 unspecified atom stereocenters. The Morgan fingerprint density at radius 1 is 1.33 bits per heavy atom. The highest BCUT2D eigenvalue weighted by Gasteiger charge is 2.24. The van der Waals surface area contributed by atoms with Crippen LogP contribution in [0.1, 0.15) is 36.2 Å². The molecule has 1 aromatic carbocycles. The topological polar surface area (TPSA) is 66.1 Å². The summed E-state index contributed by atoms with van der Waals surface area (Å²) in [6.45, 7) is 2.95. The second-order valence-corrected chi connectivity index (χ2v) is 7.12. The highest BCUT2D eigenvalue weighted by Crippen LogP contribution is 2.23. The summed E-state index contributed by atoms with van der Waals surface area (Å²) < 4.78 is 26.8. The van der Waals surface area contributed by atoms with E-state index in [1.165, 1.54) is 18.3 Å². The molecule has 1 fully saturated rings. The Balaban J connectivity index is 1.56. The van der Waals surface area contributed by atoms with Crippen LogP contribution in [-0.2, 0) is 17.6 Å². The van der Waals surface area contributed by atoms with Crippen LogP contribution in [0.5, 0.6) is 0 Å². The number of benzene rings is 1. The zero-order valence-electron chi connectivity index (χ0n) is 15.3. The summed E-state index contributed by atoms with van der Waals surface area (Å²) >= 11 is 0. The van der Waals surface area contributed by atoms with Crippen molar-refractivity contribution in [2.75, 3.05) is 13.1 Å². The van der Waals surface area contributed by atoms with Crippen LogP contribution in [0.4, 0.5) is 8.78 Å². The fraction of sp³-hybridized carbons (Fsp3) is 0.450. The number of H-pyrrole nitrogens is 1. The minimum Gasteiger partial charge on any atom is -0.342 e. The largest absolute Gasteiger partial charge is 0.342 e. The van der Waals surface area contributed by atoms with Gasteiger partial charge in [-0.2, -0.15) is 0 Å². The van der Waals surface area contributed by atoms with Gasteiger partial charge in [0.2, 0.25) is 5.91 Å². The van der Waals surface area contributed by atoms with Crippen molar-refractivity contribution < 1.29 is 13.6 Å². The van der Waals surface area contributed by atoms with Gasteiger partial charge in [-0.3, -0.25) is 9.59 Å². The van der Waals surface area contributed by atoms with Crippen LogP contribution in [-0.4, -0.2) is 33.9 Å². The second kappa shape index (κ2) is 8.41. The number of rotatable bonds is 5. The Morgan fingerprint density at radius 2 is 2.15 bits per heavy atom. The molecule has 7 heteroatoms. The summed E-state index contributed by atoms with van der Waals surface area (Å²) in [5, 5.41) is 0. The van der Waals surface area contributed by atoms with E-state index in [2.05, 4.69) is 9.97 Å². The number of hydrogen-bond acceptors (Lipinski definition) is 3. The van der Waals surface area contributed by atoms with Gasteiger partial charge in [-0.15, -0.1) is 0 Å². The third kappa shape index (κ3) is 4.99. The molecule has 0 spiro atoms. The van der Waals surface area contributed by atoms with Crippen molar-refractivity contribution in [3.63, 3.8) is 0 Å². The van der Waals surface area contributed by atoms with Gasteiger partial charge >= 0.3 is 0 Å². The number of aryl methyl sites for hydroxylation is 2. The molecular weight excluding hydrogens is 352 g/mol. The molecule has 5 nitrogen and oxygen atoms in total. The molecule has 144 valence electrons. The minimum atomic E-state index is -0.578. The molecule has 1 atom stereocenters. The first kappa shape index (κ1) is 19.2. The molecule has 2 heterocycles. The van der Waals surface area contributed by atoms with E-state index in [-0.39, 0.29) is 23.8 Å². The number of aromatic nitrogens is 2. The average Bonchev–Trinajstić information content (AvgIpc) is 2.63. The lowest BCUT2D eigenvalue weighted by Crippen LogP contribution is -2.41. The molecule has 0 bridgehead atoms. The lowest BCUT2D eigenvalue weighted by Gasteiger charge is -2.33. The normalized spacial score (nSPS) is 17.1. The van der Waals surface area contributed by atoms with Crippen molar-refractivity contribution >= 4 is 5.91 Å². The number of aromatic amines is 1. The Hall–Kier alpha value is -2.57. The number of nitrogens with one attached hydrogen (secondary N) is 1. The van der Waals surface area contributed by atoms with Crippen molar-refractivity contribution in [1.29, 1.82) is 0 Å². The number of halogens is 2. The molecule has 1 saturated heterocycles. The highest BCUT2D eigenvalue weighted by atomic mass is 19.1. The molecule has 1 aromatic heterocycles. The lowest BCUT2D eigenvalue weighted by molar-refractivity contribution is -0.132. The standard InChI is InChI=1S/C20H23F2N3O2/c1-13-23-11-16(20(27)24-13)9-19(26)25-8-2-3-14(12-25)4-5-15-6-7-17(21)10-18(15)22/h6-7,10-11,14H,2-5,8-9,12H2,1H3,(H,23,24,27)/t14-/m0/s1. The van der Waals surface area contributed by atoms with Crippen LogP contribution in [0.3, 0.4) is 0 Å². The van der Waals surface area contributed by atoms with Gasteiger partial charge in [-0.25, -0.2) is 13.8 Å². The quantitative estimate of drug-likeness (QED) is 0.874. The summed E-state index contributed by atoms with van der Waals surface area (Å²) in [6, 6.07) is 3.65. The Bertz CT molecular complexity index is 882. The van der Waals surface area contributed by atoms with Crippen LogP contribution in [0, 0.1) is 24.5 Å². The molecule has 3 rings (SSSR count). The van der Waals surface area contributed by atoms with Gasteiger partial charge in [0.1, 0.15) is 17.5 Å². The molecule has 1 N–H and O–H groups in total. The summed E-state index contributed by atoms with van der Waals surface area (Å²) in [6.07, 6.45) is 4.58. The van der Waals surface area contributed by atoms with Crippen LogP contribution >= 0.6 is 0 Å². The van der Waals surface area contributed by atoms with E-state index >= 15 is 0 Å². The number of amides is 1. The van der Waals surface area contributed by atoms with E-state index in [1.807, 2.05) is 0 Å². The summed E-state index contributed by atoms with van der Waals surface area (Å²) in [5.41, 5.74) is 0.578. The monoisotopic (exact) mass is 375 g/mol. The fourth-order valence-corrected chi connectivity index (χ4v) is 3.52. The Kier molecular flexibility index (Phi) is 5.98. The predicted octanol–water partition coefficient (Wildman–Crippen LogP) is 2.77. The molecule has 1 aliphatic heterocycles. The van der Waals surface area contributed by atoms with E-state index < -0.39 is 11.6 Å². The molecule has 0 saturated carbocycles. The number of nitrogens with zero attached hydrogens (tertiary/aromatic N) is 2. The summed E-state index contributed by atoms with van der Waals surface area (Å²) in [5.74, 6) is -0.413. The van der Waals surface area contributed by atoms with Crippen LogP contribution in [0.15, 0.2) is 29.2 Å². The first-order valence-corrected chi connectivity index (χ1v) is 9.19. The lowest BCUT2D eigenvalue weighted by atomic mass is 9.91. The number of hydrogen-bond donors (Lipinski definition) is 1. The Morgan fingerprint density at radius 3 is 2.89 bits per heavy atom. The Labute approximate surface area is 156 Å². The zero-order chi connectivity index (χ0) is 19.4. The summed E-state index contributed by atoms with van der Waals surface area (Å²) in [7, 11) is 0. The van der Waals surface area contributed by atoms with Gasteiger partial charge in [-0.05, 0) is 50.2 Å². The van der Waals surface area contributed by atoms with E-state index in [9.17, 15) is 18.4 Å². The molecule has 27 heavy (non-hydrogen) atoms. The van der Waals surface area contributed by atoms with Gasteiger partial charge < -0.3 is 9.88 Å². The van der Waals surface area contributed by atoms with Crippen LogP contribution < -0.4 is 5.56 Å². The highest BCUT2D eigenvalue weighted by molar-refractivity contribution is 5.78. The van der Waals surface area contributed by atoms with Gasteiger partial charge in [0, 0.05) is 30.9 Å². The molecule has 0 radical (unpaired) electrons. The fourth-order valence-electron chi connectivity index (χ4n) is 3.52. The van der Waals surface area contributed by atoms with Crippen LogP contribution in [0.2, 0.25) is 0 Å². The first-order valence-electron chi connectivity index (χ1n) is 9.19. The van der Waals surface area contributed by atoms with Crippen molar-refractivity contribution in [3.05, 3.63) is 63.3 Å². The van der Waals surface area contributed by atoms with Crippen molar-refractivity contribution in [3.8, 4) is 0 Å². The minimum absolute atomic E-state index is 0.0297. The molecule has 1 amide bonds. The second-order valence-electron chi connectivity index (χ2n) is 7.12.